The van der Waals surface area contributed by atoms with Crippen LogP contribution in [0.5, 0.6) is 5.75 Å². The van der Waals surface area contributed by atoms with E-state index in [1.54, 1.807) is 0 Å². The lowest BCUT2D eigenvalue weighted by molar-refractivity contribution is -0.144. The minimum atomic E-state index is -0.560. The highest BCUT2D eigenvalue weighted by Crippen LogP contribution is 2.46. The van der Waals surface area contributed by atoms with Crippen molar-refractivity contribution < 1.29 is 24.2 Å². The summed E-state index contributed by atoms with van der Waals surface area (Å²) in [5, 5.41) is 10.3. The van der Waals surface area contributed by atoms with E-state index >= 15 is 0 Å². The first-order chi connectivity index (χ1) is 29.3. The van der Waals surface area contributed by atoms with Crippen molar-refractivity contribution in [2.24, 2.45) is 0 Å². The van der Waals surface area contributed by atoms with E-state index in [0.29, 0.717) is 24.3 Å². The number of benzene rings is 1. The summed E-state index contributed by atoms with van der Waals surface area (Å²) in [6.45, 7) is 15.3. The first-order valence-corrected chi connectivity index (χ1v) is 27.7. The molecule has 1 aromatic carbocycles. The molecule has 2 unspecified atom stereocenters. The third kappa shape index (κ3) is 25.7. The molecule has 0 saturated heterocycles. The van der Waals surface area contributed by atoms with Crippen molar-refractivity contribution in [2.75, 3.05) is 24.7 Å². The Bertz CT molecular complexity index is 1120. The molecule has 0 aliphatic rings. The molecule has 0 aliphatic carbocycles. The van der Waals surface area contributed by atoms with Crippen LogP contribution in [0.2, 0.25) is 0 Å². The Morgan fingerprint density at radius 3 is 0.867 bits per heavy atom. The predicted molar refractivity (Wildman–Crippen MR) is 265 cm³/mol. The Hall–Kier alpha value is -1.34. The monoisotopic (exact) mass is 877 g/mol. The molecule has 0 radical (unpaired) electrons. The maximum atomic E-state index is 13.7. The molecule has 60 heavy (non-hydrogen) atoms. The SMILES string of the molecule is CCCCCCCCCCCCCCCCCCOC(=O)C(SCC)c1c(C)c(O)c(C)c(C(SCC)C(=O)OCCCCCCCCCCCCCCCCCC)c1C. The van der Waals surface area contributed by atoms with Crippen LogP contribution in [0.25, 0.3) is 0 Å². The fourth-order valence-electron chi connectivity index (χ4n) is 8.70. The van der Waals surface area contributed by atoms with Gasteiger partial charge in [0.1, 0.15) is 16.2 Å². The van der Waals surface area contributed by atoms with Gasteiger partial charge in [0.2, 0.25) is 0 Å². The Labute approximate surface area is 380 Å². The van der Waals surface area contributed by atoms with E-state index < -0.39 is 10.5 Å². The standard InChI is InChI=1S/C53H96O5S2/c1-8-12-14-16-18-20-22-24-26-28-30-32-34-36-38-40-42-57-52(55)50(59-10-3)47-44(5)48(46(7)49(54)45(47)6)51(60-11-4)53(56)58-43-41-39-37-35-33-31-29-27-25-23-21-19-17-15-13-9-2/h50-51,54H,8-43H2,1-7H3. The Balaban J connectivity index is 2.53. The van der Waals surface area contributed by atoms with E-state index in [4.69, 9.17) is 9.47 Å². The zero-order valence-electron chi connectivity index (χ0n) is 40.5. The van der Waals surface area contributed by atoms with E-state index in [2.05, 4.69) is 13.8 Å². The minimum absolute atomic E-state index is 0.158. The van der Waals surface area contributed by atoms with Crippen LogP contribution in [0, 0.1) is 20.8 Å². The fraction of sp³-hybridized carbons (Fsp3) is 0.849. The smallest absolute Gasteiger partial charge is 0.323 e. The molecule has 0 spiro atoms. The number of unbranched alkanes of at least 4 members (excludes halogenated alkanes) is 30. The van der Waals surface area contributed by atoms with Gasteiger partial charge >= 0.3 is 11.9 Å². The molecule has 0 amide bonds. The van der Waals surface area contributed by atoms with Gasteiger partial charge in [-0.3, -0.25) is 9.59 Å². The van der Waals surface area contributed by atoms with Crippen molar-refractivity contribution in [3.8, 4) is 5.75 Å². The van der Waals surface area contributed by atoms with Crippen molar-refractivity contribution >= 4 is 35.5 Å². The second-order valence-electron chi connectivity index (χ2n) is 17.7. The van der Waals surface area contributed by atoms with Crippen LogP contribution in [0.4, 0.5) is 0 Å². The molecule has 1 N–H and O–H groups in total. The van der Waals surface area contributed by atoms with Crippen molar-refractivity contribution in [3.05, 3.63) is 27.8 Å². The average Bonchev–Trinajstić information content (AvgIpc) is 3.24. The molecular weight excluding hydrogens is 781 g/mol. The lowest BCUT2D eigenvalue weighted by Crippen LogP contribution is -2.21. The third-order valence-corrected chi connectivity index (χ3v) is 14.6. The number of carbonyl (C=O) groups is 2. The predicted octanol–water partition coefficient (Wildman–Crippen LogP) is 17.5. The Morgan fingerprint density at radius 2 is 0.633 bits per heavy atom. The first-order valence-electron chi connectivity index (χ1n) is 25.6. The summed E-state index contributed by atoms with van der Waals surface area (Å²) in [5.74, 6) is 1.11. The zero-order valence-corrected chi connectivity index (χ0v) is 42.1. The molecule has 0 aromatic heterocycles. The molecule has 0 aliphatic heterocycles. The zero-order chi connectivity index (χ0) is 44.1. The molecule has 350 valence electrons. The average molecular weight is 877 g/mol. The van der Waals surface area contributed by atoms with Gasteiger partial charge in [-0.05, 0) is 72.9 Å². The minimum Gasteiger partial charge on any atom is -0.507 e. The van der Waals surface area contributed by atoms with Crippen molar-refractivity contribution in [1.82, 2.24) is 0 Å². The maximum Gasteiger partial charge on any atom is 0.323 e. The van der Waals surface area contributed by atoms with Gasteiger partial charge in [-0.25, -0.2) is 0 Å². The second kappa shape index (κ2) is 39.3. The number of aromatic hydroxyl groups is 1. The molecule has 0 bridgehead atoms. The first kappa shape index (κ1) is 56.7. The summed E-state index contributed by atoms with van der Waals surface area (Å²) >= 11 is 3.07. The Morgan fingerprint density at radius 1 is 0.400 bits per heavy atom. The number of ether oxygens (including phenoxy) is 2. The molecular formula is C53H96O5S2. The van der Waals surface area contributed by atoms with Crippen molar-refractivity contribution in [1.29, 1.82) is 0 Å². The van der Waals surface area contributed by atoms with Gasteiger partial charge in [0.25, 0.3) is 0 Å². The number of phenols is 1. The molecule has 0 saturated carbocycles. The second-order valence-corrected chi connectivity index (χ2v) is 20.4. The van der Waals surface area contributed by atoms with Gasteiger partial charge in [-0.2, -0.15) is 0 Å². The number of phenolic OH excluding ortho intramolecular Hbond substituents is 1. The number of hydrogen-bond donors (Lipinski definition) is 1. The summed E-state index contributed by atoms with van der Waals surface area (Å²) < 4.78 is 11.8. The summed E-state index contributed by atoms with van der Waals surface area (Å²) in [6, 6.07) is 0. The van der Waals surface area contributed by atoms with Crippen LogP contribution in [0.3, 0.4) is 0 Å². The quantitative estimate of drug-likeness (QED) is 0.0518. The summed E-state index contributed by atoms with van der Waals surface area (Å²) in [5.41, 5.74) is 3.84. The van der Waals surface area contributed by atoms with Gasteiger partial charge in [0.05, 0.1) is 13.2 Å². The summed E-state index contributed by atoms with van der Waals surface area (Å²) in [7, 11) is 0. The lowest BCUT2D eigenvalue weighted by Gasteiger charge is -2.27. The molecule has 5 nitrogen and oxygen atoms in total. The van der Waals surface area contributed by atoms with E-state index in [1.165, 1.54) is 203 Å². The number of thioether (sulfide) groups is 2. The van der Waals surface area contributed by atoms with Crippen LogP contribution in [-0.4, -0.2) is 41.8 Å². The normalized spacial score (nSPS) is 12.5. The third-order valence-electron chi connectivity index (χ3n) is 12.4. The topological polar surface area (TPSA) is 72.8 Å². The van der Waals surface area contributed by atoms with E-state index in [0.717, 1.165) is 53.9 Å². The van der Waals surface area contributed by atoms with Crippen LogP contribution < -0.4 is 0 Å². The highest BCUT2D eigenvalue weighted by Gasteiger charge is 2.34. The van der Waals surface area contributed by atoms with E-state index in [1.807, 2.05) is 34.6 Å². The van der Waals surface area contributed by atoms with Gasteiger partial charge in [-0.1, -0.05) is 220 Å². The maximum absolute atomic E-state index is 13.7. The highest BCUT2D eigenvalue weighted by molar-refractivity contribution is 8.00. The van der Waals surface area contributed by atoms with Crippen LogP contribution in [0.15, 0.2) is 0 Å². The molecule has 1 rings (SSSR count). The van der Waals surface area contributed by atoms with Gasteiger partial charge in [-0.15, -0.1) is 23.5 Å². The number of hydrogen-bond acceptors (Lipinski definition) is 7. The van der Waals surface area contributed by atoms with Crippen LogP contribution in [0.1, 0.15) is 271 Å². The van der Waals surface area contributed by atoms with Crippen LogP contribution >= 0.6 is 23.5 Å². The summed E-state index contributed by atoms with van der Waals surface area (Å²) in [6.07, 6.45) is 41.8. The Kier molecular flexibility index (Phi) is 37.1. The molecule has 1 aromatic rings. The lowest BCUT2D eigenvalue weighted by atomic mass is 9.88. The van der Waals surface area contributed by atoms with E-state index in [9.17, 15) is 14.7 Å². The molecule has 0 fully saturated rings. The largest absolute Gasteiger partial charge is 0.507 e. The molecule has 7 heteroatoms. The van der Waals surface area contributed by atoms with Gasteiger partial charge in [0, 0.05) is 0 Å². The van der Waals surface area contributed by atoms with Crippen molar-refractivity contribution in [2.45, 2.75) is 264 Å². The molecule has 2 atom stereocenters. The van der Waals surface area contributed by atoms with Gasteiger partial charge < -0.3 is 14.6 Å². The van der Waals surface area contributed by atoms with E-state index in [-0.39, 0.29) is 17.7 Å². The van der Waals surface area contributed by atoms with Crippen LogP contribution in [-0.2, 0) is 19.1 Å². The number of esters is 2. The number of carbonyl (C=O) groups excluding carboxylic acids is 2. The number of rotatable bonds is 42. The summed E-state index contributed by atoms with van der Waals surface area (Å²) in [4.78, 5) is 27.4. The van der Waals surface area contributed by atoms with Crippen molar-refractivity contribution in [3.63, 3.8) is 0 Å². The van der Waals surface area contributed by atoms with Gasteiger partial charge in [0.15, 0.2) is 0 Å². The molecule has 0 heterocycles. The fourth-order valence-corrected chi connectivity index (χ4v) is 10.8. The highest BCUT2D eigenvalue weighted by atomic mass is 32.2.